The summed E-state index contributed by atoms with van der Waals surface area (Å²) in [6.07, 6.45) is 3.94. The fourth-order valence-corrected chi connectivity index (χ4v) is 2.69. The molecule has 1 aromatic carbocycles. The van der Waals surface area contributed by atoms with Gasteiger partial charge in [-0.15, -0.1) is 0 Å². The average Bonchev–Trinajstić information content (AvgIpc) is 2.97. The molecule has 0 amide bonds. The summed E-state index contributed by atoms with van der Waals surface area (Å²) in [5.41, 5.74) is 1.06. The molecule has 1 saturated heterocycles. The van der Waals surface area contributed by atoms with Gasteiger partial charge in [0.2, 0.25) is 0 Å². The van der Waals surface area contributed by atoms with E-state index in [0.717, 1.165) is 17.9 Å². The number of hydrogen-bond acceptors (Lipinski definition) is 3. The first-order chi connectivity index (χ1) is 9.42. The number of benzene rings is 1. The van der Waals surface area contributed by atoms with E-state index in [9.17, 15) is 0 Å². The molecule has 3 nitrogen and oxygen atoms in total. The van der Waals surface area contributed by atoms with Crippen LogP contribution in [0.4, 0.5) is 5.82 Å². The summed E-state index contributed by atoms with van der Waals surface area (Å²) in [6, 6.07) is 12.4. The minimum Gasteiger partial charge on any atom is -0.370 e. The van der Waals surface area contributed by atoms with Crippen molar-refractivity contribution in [3.63, 3.8) is 0 Å². The maximum atomic E-state index is 4.62. The summed E-state index contributed by atoms with van der Waals surface area (Å²) >= 11 is 0. The second kappa shape index (κ2) is 6.02. The zero-order chi connectivity index (χ0) is 12.9. The summed E-state index contributed by atoms with van der Waals surface area (Å²) in [5, 5.41) is 4.62. The van der Waals surface area contributed by atoms with Crippen LogP contribution in [0.3, 0.4) is 0 Å². The van der Waals surface area contributed by atoms with Crippen LogP contribution in [0.25, 0.3) is 10.9 Å². The van der Waals surface area contributed by atoms with E-state index in [0.29, 0.717) is 0 Å². The lowest BCUT2D eigenvalue weighted by Crippen LogP contribution is -2.22. The van der Waals surface area contributed by atoms with Crippen LogP contribution in [0.2, 0.25) is 0 Å². The van der Waals surface area contributed by atoms with E-state index in [-0.39, 0.29) is 0 Å². The van der Waals surface area contributed by atoms with Gasteiger partial charge in [0.25, 0.3) is 0 Å². The van der Waals surface area contributed by atoms with Gasteiger partial charge in [-0.25, -0.2) is 4.98 Å². The smallest absolute Gasteiger partial charge is 0.126 e. The first-order valence-corrected chi connectivity index (χ1v) is 7.24. The Morgan fingerprint density at radius 1 is 1.05 bits per heavy atom. The predicted octanol–water partition coefficient (Wildman–Crippen LogP) is 3.13. The Morgan fingerprint density at radius 3 is 2.79 bits per heavy atom. The molecular formula is C16H21N3. The number of rotatable bonds is 5. The number of hydrogen-bond donors (Lipinski definition) is 1. The summed E-state index contributed by atoms with van der Waals surface area (Å²) in [4.78, 5) is 7.17. The van der Waals surface area contributed by atoms with Crippen LogP contribution in [0.15, 0.2) is 36.4 Å². The third-order valence-electron chi connectivity index (χ3n) is 3.75. The van der Waals surface area contributed by atoms with Gasteiger partial charge in [-0.1, -0.05) is 18.2 Å². The highest BCUT2D eigenvalue weighted by Crippen LogP contribution is 2.14. The van der Waals surface area contributed by atoms with Gasteiger partial charge in [-0.2, -0.15) is 0 Å². The Balaban J connectivity index is 1.50. The van der Waals surface area contributed by atoms with Crippen molar-refractivity contribution in [2.24, 2.45) is 0 Å². The number of nitrogens with zero attached hydrogens (tertiary/aromatic N) is 2. The molecule has 0 spiro atoms. The monoisotopic (exact) mass is 255 g/mol. The summed E-state index contributed by atoms with van der Waals surface area (Å²) < 4.78 is 0. The number of pyridine rings is 1. The zero-order valence-corrected chi connectivity index (χ0v) is 11.3. The minimum atomic E-state index is 0.986. The largest absolute Gasteiger partial charge is 0.370 e. The molecule has 2 heterocycles. The lowest BCUT2D eigenvalue weighted by atomic mass is 10.2. The number of anilines is 1. The van der Waals surface area contributed by atoms with Gasteiger partial charge in [-0.3, -0.25) is 0 Å². The van der Waals surface area contributed by atoms with Crippen LogP contribution in [0, 0.1) is 0 Å². The van der Waals surface area contributed by atoms with Crippen LogP contribution in [0.1, 0.15) is 19.3 Å². The van der Waals surface area contributed by atoms with Crippen LogP contribution >= 0.6 is 0 Å². The van der Waals surface area contributed by atoms with Crippen molar-refractivity contribution in [1.29, 1.82) is 0 Å². The SMILES string of the molecule is c1ccc2nc(NCCCN3CCCC3)ccc2c1. The quantitative estimate of drug-likeness (QED) is 0.832. The van der Waals surface area contributed by atoms with Gasteiger partial charge < -0.3 is 10.2 Å². The lowest BCUT2D eigenvalue weighted by molar-refractivity contribution is 0.337. The standard InChI is InChI=1S/C16H21N3/c1-2-7-15-14(6-1)8-9-16(18-15)17-10-5-13-19-11-3-4-12-19/h1-2,6-9H,3-5,10-13H2,(H,17,18). The fourth-order valence-electron chi connectivity index (χ4n) is 2.69. The number of fused-ring (bicyclic) bond motifs is 1. The average molecular weight is 255 g/mol. The van der Waals surface area contributed by atoms with E-state index >= 15 is 0 Å². The molecule has 1 N–H and O–H groups in total. The van der Waals surface area contributed by atoms with E-state index in [4.69, 9.17) is 0 Å². The van der Waals surface area contributed by atoms with Gasteiger partial charge in [0.15, 0.2) is 0 Å². The molecule has 0 aliphatic carbocycles. The van der Waals surface area contributed by atoms with Crippen LogP contribution in [-0.2, 0) is 0 Å². The normalized spacial score (nSPS) is 16.0. The molecule has 0 unspecified atom stereocenters. The molecule has 1 fully saturated rings. The summed E-state index contributed by atoms with van der Waals surface area (Å²) in [5.74, 6) is 0.986. The number of para-hydroxylation sites is 1. The molecule has 1 aromatic heterocycles. The molecule has 0 radical (unpaired) electrons. The number of likely N-dealkylation sites (tertiary alicyclic amines) is 1. The molecule has 0 bridgehead atoms. The van der Waals surface area contributed by atoms with E-state index in [1.807, 2.05) is 12.1 Å². The van der Waals surface area contributed by atoms with Gasteiger partial charge in [0, 0.05) is 11.9 Å². The second-order valence-electron chi connectivity index (χ2n) is 5.22. The molecule has 0 atom stereocenters. The molecule has 100 valence electrons. The molecule has 2 aromatic rings. The molecule has 1 aliphatic rings. The Morgan fingerprint density at radius 2 is 1.89 bits per heavy atom. The third kappa shape index (κ3) is 3.24. The summed E-state index contributed by atoms with van der Waals surface area (Å²) in [6.45, 7) is 4.78. The maximum absolute atomic E-state index is 4.62. The predicted molar refractivity (Wildman–Crippen MR) is 80.5 cm³/mol. The molecule has 3 heteroatoms. The van der Waals surface area contributed by atoms with Crippen molar-refractivity contribution in [1.82, 2.24) is 9.88 Å². The van der Waals surface area contributed by atoms with Gasteiger partial charge >= 0.3 is 0 Å². The highest BCUT2D eigenvalue weighted by molar-refractivity contribution is 5.79. The molecule has 19 heavy (non-hydrogen) atoms. The Labute approximate surface area is 114 Å². The Hall–Kier alpha value is -1.61. The van der Waals surface area contributed by atoms with E-state index in [2.05, 4.69) is 39.5 Å². The van der Waals surface area contributed by atoms with E-state index in [1.54, 1.807) is 0 Å². The van der Waals surface area contributed by atoms with E-state index < -0.39 is 0 Å². The highest BCUT2D eigenvalue weighted by atomic mass is 15.1. The molecule has 0 saturated carbocycles. The number of nitrogens with one attached hydrogen (secondary N) is 1. The first kappa shape index (κ1) is 12.4. The third-order valence-corrected chi connectivity index (χ3v) is 3.75. The molecular weight excluding hydrogens is 234 g/mol. The lowest BCUT2D eigenvalue weighted by Gasteiger charge is -2.14. The van der Waals surface area contributed by atoms with E-state index in [1.165, 1.54) is 44.3 Å². The van der Waals surface area contributed by atoms with Crippen LogP contribution < -0.4 is 5.32 Å². The topological polar surface area (TPSA) is 28.2 Å². The fraction of sp³-hybridized carbons (Fsp3) is 0.438. The first-order valence-electron chi connectivity index (χ1n) is 7.24. The summed E-state index contributed by atoms with van der Waals surface area (Å²) in [7, 11) is 0. The van der Waals surface area contributed by atoms with Crippen molar-refractivity contribution >= 4 is 16.7 Å². The highest BCUT2D eigenvalue weighted by Gasteiger charge is 2.09. The Bertz CT molecular complexity index is 532. The minimum absolute atomic E-state index is 0.986. The Kier molecular flexibility index (Phi) is 3.94. The second-order valence-corrected chi connectivity index (χ2v) is 5.22. The van der Waals surface area contributed by atoms with Crippen molar-refractivity contribution in [2.75, 3.05) is 31.5 Å². The van der Waals surface area contributed by atoms with Crippen molar-refractivity contribution in [3.8, 4) is 0 Å². The number of aromatic nitrogens is 1. The van der Waals surface area contributed by atoms with Gasteiger partial charge in [-0.05, 0) is 57.1 Å². The van der Waals surface area contributed by atoms with Crippen LogP contribution in [0.5, 0.6) is 0 Å². The van der Waals surface area contributed by atoms with Gasteiger partial charge in [0.1, 0.15) is 5.82 Å². The van der Waals surface area contributed by atoms with Gasteiger partial charge in [0.05, 0.1) is 5.52 Å². The maximum Gasteiger partial charge on any atom is 0.126 e. The molecule has 3 rings (SSSR count). The molecule has 1 aliphatic heterocycles. The zero-order valence-electron chi connectivity index (χ0n) is 11.3. The van der Waals surface area contributed by atoms with Crippen molar-refractivity contribution in [3.05, 3.63) is 36.4 Å². The van der Waals surface area contributed by atoms with Crippen molar-refractivity contribution in [2.45, 2.75) is 19.3 Å². The van der Waals surface area contributed by atoms with Crippen molar-refractivity contribution < 1.29 is 0 Å². The van der Waals surface area contributed by atoms with Crippen LogP contribution in [-0.4, -0.2) is 36.1 Å².